The van der Waals surface area contributed by atoms with Gasteiger partial charge in [-0.1, -0.05) is 30.9 Å². The highest BCUT2D eigenvalue weighted by atomic mass is 35.5. The Bertz CT molecular complexity index is 510. The maximum absolute atomic E-state index is 5.93. The third kappa shape index (κ3) is 2.30. The Labute approximate surface area is 113 Å². The van der Waals surface area contributed by atoms with Gasteiger partial charge in [-0.3, -0.25) is 0 Å². The van der Waals surface area contributed by atoms with Crippen molar-refractivity contribution < 1.29 is 0 Å². The molecule has 0 atom stereocenters. The van der Waals surface area contributed by atoms with E-state index < -0.39 is 0 Å². The fourth-order valence-electron chi connectivity index (χ4n) is 2.79. The van der Waals surface area contributed by atoms with E-state index in [9.17, 15) is 0 Å². The highest BCUT2D eigenvalue weighted by Gasteiger charge is 2.18. The predicted molar refractivity (Wildman–Crippen MR) is 74.8 cm³/mol. The van der Waals surface area contributed by atoms with Crippen molar-refractivity contribution in [2.75, 3.05) is 0 Å². The first-order chi connectivity index (χ1) is 8.84. The van der Waals surface area contributed by atoms with Gasteiger partial charge in [0.05, 0.1) is 0 Å². The van der Waals surface area contributed by atoms with Crippen molar-refractivity contribution in [2.24, 2.45) is 0 Å². The number of hydrogen-bond acceptors (Lipinski definition) is 1. The van der Waals surface area contributed by atoms with E-state index in [2.05, 4.69) is 15.7 Å². The van der Waals surface area contributed by atoms with Crippen molar-refractivity contribution in [3.63, 3.8) is 0 Å². The molecule has 1 aromatic heterocycles. The molecule has 94 valence electrons. The Hall–Kier alpha value is -1.28. The van der Waals surface area contributed by atoms with E-state index in [0.29, 0.717) is 6.04 Å². The molecule has 1 fully saturated rings. The molecule has 0 unspecified atom stereocenters. The summed E-state index contributed by atoms with van der Waals surface area (Å²) in [4.78, 5) is 4.51. The summed E-state index contributed by atoms with van der Waals surface area (Å²) in [6.07, 6.45) is 10.6. The normalized spacial score (nSPS) is 16.9. The van der Waals surface area contributed by atoms with Crippen LogP contribution in [0.1, 0.15) is 38.1 Å². The highest BCUT2D eigenvalue weighted by Crippen LogP contribution is 2.31. The van der Waals surface area contributed by atoms with Gasteiger partial charge in [0.2, 0.25) is 0 Å². The van der Waals surface area contributed by atoms with Crippen molar-refractivity contribution >= 4 is 11.6 Å². The molecule has 3 rings (SSSR count). The molecule has 0 amide bonds. The molecule has 2 aromatic rings. The number of imidazole rings is 1. The van der Waals surface area contributed by atoms with Crippen molar-refractivity contribution in [1.82, 2.24) is 9.55 Å². The minimum Gasteiger partial charge on any atom is -0.328 e. The van der Waals surface area contributed by atoms with Gasteiger partial charge in [-0.15, -0.1) is 0 Å². The van der Waals surface area contributed by atoms with Gasteiger partial charge in [0.25, 0.3) is 0 Å². The molecule has 1 aromatic carbocycles. The van der Waals surface area contributed by atoms with E-state index >= 15 is 0 Å². The van der Waals surface area contributed by atoms with Crippen LogP contribution in [0.2, 0.25) is 5.02 Å². The van der Waals surface area contributed by atoms with E-state index in [-0.39, 0.29) is 0 Å². The van der Waals surface area contributed by atoms with Crippen molar-refractivity contribution in [3.8, 4) is 11.4 Å². The van der Waals surface area contributed by atoms with Crippen LogP contribution >= 0.6 is 11.6 Å². The van der Waals surface area contributed by atoms with Crippen LogP contribution in [0.15, 0.2) is 36.7 Å². The molecule has 3 heteroatoms. The van der Waals surface area contributed by atoms with E-state index in [1.807, 2.05) is 30.5 Å². The zero-order chi connectivity index (χ0) is 12.4. The van der Waals surface area contributed by atoms with Gasteiger partial charge in [0.1, 0.15) is 5.82 Å². The van der Waals surface area contributed by atoms with Gasteiger partial charge >= 0.3 is 0 Å². The third-order valence-electron chi connectivity index (χ3n) is 3.74. The van der Waals surface area contributed by atoms with E-state index in [4.69, 9.17) is 11.6 Å². The second-order valence-corrected chi connectivity index (χ2v) is 5.39. The maximum Gasteiger partial charge on any atom is 0.140 e. The molecule has 0 radical (unpaired) electrons. The minimum atomic E-state index is 0.618. The first-order valence-corrected chi connectivity index (χ1v) is 7.01. The molecular weight excluding hydrogens is 244 g/mol. The van der Waals surface area contributed by atoms with Gasteiger partial charge in [0, 0.05) is 29.0 Å². The second kappa shape index (κ2) is 5.15. The first-order valence-electron chi connectivity index (χ1n) is 6.63. The van der Waals surface area contributed by atoms with E-state index in [1.165, 1.54) is 32.1 Å². The topological polar surface area (TPSA) is 17.8 Å². The van der Waals surface area contributed by atoms with Gasteiger partial charge in [-0.05, 0) is 37.1 Å². The molecule has 2 nitrogen and oxygen atoms in total. The third-order valence-corrected chi connectivity index (χ3v) is 3.99. The molecule has 0 aliphatic heterocycles. The molecule has 1 heterocycles. The lowest BCUT2D eigenvalue weighted by Gasteiger charge is -2.24. The molecule has 1 aliphatic carbocycles. The number of benzene rings is 1. The van der Waals surface area contributed by atoms with Crippen LogP contribution in [0.25, 0.3) is 11.4 Å². The van der Waals surface area contributed by atoms with Crippen molar-refractivity contribution in [3.05, 3.63) is 41.7 Å². The Balaban J connectivity index is 1.93. The van der Waals surface area contributed by atoms with E-state index in [0.717, 1.165) is 16.4 Å². The Morgan fingerprint density at radius 2 is 1.78 bits per heavy atom. The average molecular weight is 261 g/mol. The zero-order valence-electron chi connectivity index (χ0n) is 10.3. The number of hydrogen-bond donors (Lipinski definition) is 0. The Kier molecular flexibility index (Phi) is 3.37. The predicted octanol–water partition coefficient (Wildman–Crippen LogP) is 4.71. The smallest absolute Gasteiger partial charge is 0.140 e. The monoisotopic (exact) mass is 260 g/mol. The van der Waals surface area contributed by atoms with Gasteiger partial charge in [-0.25, -0.2) is 4.98 Å². The molecule has 1 saturated carbocycles. The highest BCUT2D eigenvalue weighted by molar-refractivity contribution is 6.30. The molecule has 1 aliphatic rings. The number of rotatable bonds is 2. The fourth-order valence-corrected chi connectivity index (χ4v) is 2.92. The Morgan fingerprint density at radius 1 is 1.06 bits per heavy atom. The molecule has 18 heavy (non-hydrogen) atoms. The summed E-state index contributed by atoms with van der Waals surface area (Å²) in [6.45, 7) is 0. The fraction of sp³-hybridized carbons (Fsp3) is 0.400. The summed E-state index contributed by atoms with van der Waals surface area (Å²) in [6, 6.07) is 8.56. The van der Waals surface area contributed by atoms with Crippen LogP contribution in [0.4, 0.5) is 0 Å². The number of nitrogens with zero attached hydrogens (tertiary/aromatic N) is 2. The molecule has 0 spiro atoms. The van der Waals surface area contributed by atoms with Gasteiger partial charge < -0.3 is 4.57 Å². The minimum absolute atomic E-state index is 0.618. The number of halogens is 1. The van der Waals surface area contributed by atoms with Crippen LogP contribution in [0.5, 0.6) is 0 Å². The second-order valence-electron chi connectivity index (χ2n) is 4.96. The van der Waals surface area contributed by atoms with Crippen molar-refractivity contribution in [1.29, 1.82) is 0 Å². The van der Waals surface area contributed by atoms with Crippen molar-refractivity contribution in [2.45, 2.75) is 38.1 Å². The van der Waals surface area contributed by atoms with Gasteiger partial charge in [-0.2, -0.15) is 0 Å². The molecule has 0 N–H and O–H groups in total. The summed E-state index contributed by atoms with van der Waals surface area (Å²) in [7, 11) is 0. The quantitative estimate of drug-likeness (QED) is 0.765. The average Bonchev–Trinajstić information content (AvgIpc) is 2.90. The van der Waals surface area contributed by atoms with Crippen LogP contribution in [-0.4, -0.2) is 9.55 Å². The summed E-state index contributed by atoms with van der Waals surface area (Å²) >= 11 is 5.93. The molecule has 0 bridgehead atoms. The molecular formula is C15H17ClN2. The first kappa shape index (κ1) is 11.8. The number of aromatic nitrogens is 2. The Morgan fingerprint density at radius 3 is 2.50 bits per heavy atom. The summed E-state index contributed by atoms with van der Waals surface area (Å²) in [5.74, 6) is 1.07. The lowest BCUT2D eigenvalue weighted by atomic mass is 9.95. The van der Waals surface area contributed by atoms with E-state index in [1.54, 1.807) is 0 Å². The zero-order valence-corrected chi connectivity index (χ0v) is 11.1. The molecule has 0 saturated heterocycles. The summed E-state index contributed by atoms with van der Waals surface area (Å²) in [5.41, 5.74) is 1.15. The summed E-state index contributed by atoms with van der Waals surface area (Å²) in [5, 5.41) is 0.773. The van der Waals surface area contributed by atoms with Crippen LogP contribution in [0, 0.1) is 0 Å². The SMILES string of the molecule is Clc1ccc(-c2nccn2C2CCCCC2)cc1. The van der Waals surface area contributed by atoms with Crippen LogP contribution in [-0.2, 0) is 0 Å². The lowest BCUT2D eigenvalue weighted by Crippen LogP contribution is -2.13. The van der Waals surface area contributed by atoms with Crippen LogP contribution in [0.3, 0.4) is 0 Å². The van der Waals surface area contributed by atoms with Crippen LogP contribution < -0.4 is 0 Å². The maximum atomic E-state index is 5.93. The largest absolute Gasteiger partial charge is 0.328 e. The standard InChI is InChI=1S/C15H17ClN2/c16-13-8-6-12(7-9-13)15-17-10-11-18(15)14-4-2-1-3-5-14/h6-11,14H,1-5H2. The summed E-state index contributed by atoms with van der Waals surface area (Å²) < 4.78 is 2.34. The van der Waals surface area contributed by atoms with Gasteiger partial charge in [0.15, 0.2) is 0 Å². The lowest BCUT2D eigenvalue weighted by molar-refractivity contribution is 0.355.